The molecule has 0 aliphatic rings. The molecule has 1 rings (SSSR count). The zero-order valence-electron chi connectivity index (χ0n) is 7.34. The number of carbonyl (C=O) groups is 1. The summed E-state index contributed by atoms with van der Waals surface area (Å²) < 4.78 is 0. The summed E-state index contributed by atoms with van der Waals surface area (Å²) in [4.78, 5) is 20.3. The lowest BCUT2D eigenvalue weighted by Crippen LogP contribution is -2.08. The molecule has 0 radical (unpaired) electrons. The van der Waals surface area contributed by atoms with Gasteiger partial charge in [0.05, 0.1) is 5.56 Å². The van der Waals surface area contributed by atoms with Crippen molar-refractivity contribution in [3.8, 4) is 0 Å². The standard InChI is InChI=1S/C9H9NO4/c11-9(12)8-4-2-1-3-7(8)5-6-10(13)14/h1-4H,5-6H2,(H,11,12). The molecule has 5 nitrogen and oxygen atoms in total. The van der Waals surface area contributed by atoms with Crippen molar-refractivity contribution >= 4 is 5.97 Å². The summed E-state index contributed by atoms with van der Waals surface area (Å²) in [6.07, 6.45) is 0.148. The minimum absolute atomic E-state index is 0.134. The first-order valence-electron chi connectivity index (χ1n) is 4.04. The van der Waals surface area contributed by atoms with Crippen molar-refractivity contribution in [2.45, 2.75) is 6.42 Å². The van der Waals surface area contributed by atoms with Crippen LogP contribution in [0.1, 0.15) is 15.9 Å². The fourth-order valence-electron chi connectivity index (χ4n) is 1.16. The molecule has 0 amide bonds. The Morgan fingerprint density at radius 2 is 2.07 bits per heavy atom. The van der Waals surface area contributed by atoms with E-state index in [1.165, 1.54) is 6.07 Å². The van der Waals surface area contributed by atoms with Gasteiger partial charge in [-0.15, -0.1) is 0 Å². The smallest absolute Gasteiger partial charge is 0.335 e. The largest absolute Gasteiger partial charge is 0.478 e. The predicted octanol–water partition coefficient (Wildman–Crippen LogP) is 1.20. The van der Waals surface area contributed by atoms with Crippen LogP contribution in [0, 0.1) is 10.1 Å². The Labute approximate surface area is 80.1 Å². The summed E-state index contributed by atoms with van der Waals surface area (Å²) in [5.74, 6) is -1.05. The zero-order chi connectivity index (χ0) is 10.6. The first-order valence-corrected chi connectivity index (χ1v) is 4.04. The second-order valence-electron chi connectivity index (χ2n) is 2.77. The van der Waals surface area contributed by atoms with Gasteiger partial charge in [-0.2, -0.15) is 0 Å². The maximum absolute atomic E-state index is 10.7. The summed E-state index contributed by atoms with van der Waals surface area (Å²) in [7, 11) is 0. The molecular formula is C9H9NO4. The molecule has 74 valence electrons. The van der Waals surface area contributed by atoms with Crippen LogP contribution in [0.25, 0.3) is 0 Å². The number of nitro groups is 1. The molecule has 0 unspecified atom stereocenters. The number of rotatable bonds is 4. The Kier molecular flexibility index (Phi) is 3.17. The van der Waals surface area contributed by atoms with E-state index in [1.807, 2.05) is 0 Å². The Morgan fingerprint density at radius 1 is 1.43 bits per heavy atom. The van der Waals surface area contributed by atoms with Crippen LogP contribution in [-0.4, -0.2) is 22.5 Å². The normalized spacial score (nSPS) is 9.71. The van der Waals surface area contributed by atoms with E-state index in [1.54, 1.807) is 18.2 Å². The number of aromatic carboxylic acids is 1. The maximum atomic E-state index is 10.7. The third-order valence-corrected chi connectivity index (χ3v) is 1.81. The summed E-state index contributed by atoms with van der Waals surface area (Å²) in [6.45, 7) is -0.246. The van der Waals surface area contributed by atoms with Gasteiger partial charge in [0, 0.05) is 11.3 Å². The van der Waals surface area contributed by atoms with Crippen LogP contribution in [0.3, 0.4) is 0 Å². The van der Waals surface area contributed by atoms with E-state index in [9.17, 15) is 14.9 Å². The minimum atomic E-state index is -1.05. The number of benzene rings is 1. The molecule has 0 heterocycles. The predicted molar refractivity (Wildman–Crippen MR) is 49.0 cm³/mol. The summed E-state index contributed by atoms with van der Waals surface area (Å²) in [5.41, 5.74) is 0.631. The molecule has 0 saturated heterocycles. The molecule has 0 aliphatic carbocycles. The highest BCUT2D eigenvalue weighted by atomic mass is 16.6. The van der Waals surface area contributed by atoms with Crippen molar-refractivity contribution in [1.82, 2.24) is 0 Å². The van der Waals surface area contributed by atoms with E-state index in [0.717, 1.165) is 0 Å². The van der Waals surface area contributed by atoms with Gasteiger partial charge in [0.15, 0.2) is 0 Å². The van der Waals surface area contributed by atoms with E-state index >= 15 is 0 Å². The zero-order valence-corrected chi connectivity index (χ0v) is 7.34. The van der Waals surface area contributed by atoms with E-state index in [-0.39, 0.29) is 18.5 Å². The molecule has 0 aromatic heterocycles. The van der Waals surface area contributed by atoms with Gasteiger partial charge in [-0.1, -0.05) is 18.2 Å². The van der Waals surface area contributed by atoms with Crippen molar-refractivity contribution in [3.63, 3.8) is 0 Å². The van der Waals surface area contributed by atoms with Gasteiger partial charge >= 0.3 is 5.97 Å². The monoisotopic (exact) mass is 195 g/mol. The maximum Gasteiger partial charge on any atom is 0.335 e. The van der Waals surface area contributed by atoms with Gasteiger partial charge in [0.1, 0.15) is 0 Å². The molecule has 0 spiro atoms. The highest BCUT2D eigenvalue weighted by Gasteiger charge is 2.10. The number of carboxylic acid groups (broad SMARTS) is 1. The van der Waals surface area contributed by atoms with E-state index in [2.05, 4.69) is 0 Å². The lowest BCUT2D eigenvalue weighted by atomic mass is 10.1. The minimum Gasteiger partial charge on any atom is -0.478 e. The fourth-order valence-corrected chi connectivity index (χ4v) is 1.16. The second kappa shape index (κ2) is 4.36. The van der Waals surface area contributed by atoms with Crippen molar-refractivity contribution < 1.29 is 14.8 Å². The molecule has 0 aliphatic heterocycles. The summed E-state index contributed by atoms with van der Waals surface area (Å²) in [5, 5.41) is 18.9. The molecule has 0 saturated carbocycles. The van der Waals surface area contributed by atoms with Gasteiger partial charge in [-0.3, -0.25) is 10.1 Å². The van der Waals surface area contributed by atoms with Crippen LogP contribution in [0.2, 0.25) is 0 Å². The van der Waals surface area contributed by atoms with E-state index in [4.69, 9.17) is 5.11 Å². The van der Waals surface area contributed by atoms with Crippen molar-refractivity contribution in [2.75, 3.05) is 6.54 Å². The quantitative estimate of drug-likeness (QED) is 0.578. The van der Waals surface area contributed by atoms with Crippen LogP contribution in [0.5, 0.6) is 0 Å². The average molecular weight is 195 g/mol. The molecule has 5 heteroatoms. The molecule has 1 N–H and O–H groups in total. The molecular weight excluding hydrogens is 186 g/mol. The van der Waals surface area contributed by atoms with Gasteiger partial charge < -0.3 is 5.11 Å². The first kappa shape index (κ1) is 10.2. The molecule has 14 heavy (non-hydrogen) atoms. The SMILES string of the molecule is O=C(O)c1ccccc1CC[N+](=O)[O-]. The lowest BCUT2D eigenvalue weighted by molar-refractivity contribution is -0.479. The Morgan fingerprint density at radius 3 is 2.64 bits per heavy atom. The molecule has 0 atom stereocenters. The third-order valence-electron chi connectivity index (χ3n) is 1.81. The van der Waals surface area contributed by atoms with Crippen LogP contribution in [-0.2, 0) is 6.42 Å². The highest BCUT2D eigenvalue weighted by molar-refractivity contribution is 5.89. The fraction of sp³-hybridized carbons (Fsp3) is 0.222. The molecule has 0 bridgehead atoms. The van der Waals surface area contributed by atoms with Crippen molar-refractivity contribution in [3.05, 3.63) is 45.5 Å². The van der Waals surface area contributed by atoms with Gasteiger partial charge in [0.2, 0.25) is 6.54 Å². The van der Waals surface area contributed by atoms with Crippen molar-refractivity contribution in [1.29, 1.82) is 0 Å². The first-order chi connectivity index (χ1) is 6.61. The van der Waals surface area contributed by atoms with Gasteiger partial charge in [-0.25, -0.2) is 4.79 Å². The average Bonchev–Trinajstić information content (AvgIpc) is 2.15. The second-order valence-corrected chi connectivity index (χ2v) is 2.77. The van der Waals surface area contributed by atoms with Crippen molar-refractivity contribution in [2.24, 2.45) is 0 Å². The summed E-state index contributed by atoms with van der Waals surface area (Å²) in [6, 6.07) is 6.30. The third kappa shape index (κ3) is 2.55. The van der Waals surface area contributed by atoms with Crippen LogP contribution < -0.4 is 0 Å². The molecule has 0 fully saturated rings. The van der Waals surface area contributed by atoms with E-state index in [0.29, 0.717) is 5.56 Å². The van der Waals surface area contributed by atoms with Gasteiger partial charge in [-0.05, 0) is 11.6 Å². The number of nitrogens with zero attached hydrogens (tertiary/aromatic N) is 1. The number of hydrogen-bond acceptors (Lipinski definition) is 3. The molecule has 1 aromatic rings. The Hall–Kier alpha value is -1.91. The topological polar surface area (TPSA) is 80.4 Å². The molecule has 1 aromatic carbocycles. The highest BCUT2D eigenvalue weighted by Crippen LogP contribution is 2.09. The Balaban J connectivity index is 2.84. The van der Waals surface area contributed by atoms with Crippen LogP contribution in [0.15, 0.2) is 24.3 Å². The van der Waals surface area contributed by atoms with Crippen LogP contribution in [0.4, 0.5) is 0 Å². The van der Waals surface area contributed by atoms with Crippen LogP contribution >= 0.6 is 0 Å². The number of carboxylic acids is 1. The number of hydrogen-bond donors (Lipinski definition) is 1. The Bertz CT molecular complexity index is 362. The van der Waals surface area contributed by atoms with Gasteiger partial charge in [0.25, 0.3) is 0 Å². The summed E-state index contributed by atoms with van der Waals surface area (Å²) >= 11 is 0. The lowest BCUT2D eigenvalue weighted by Gasteiger charge is -2.01. The van der Waals surface area contributed by atoms with E-state index < -0.39 is 10.9 Å².